The van der Waals surface area contributed by atoms with Crippen LogP contribution < -0.4 is 5.32 Å². The van der Waals surface area contributed by atoms with Crippen molar-refractivity contribution in [3.63, 3.8) is 0 Å². The van der Waals surface area contributed by atoms with Gasteiger partial charge in [-0.25, -0.2) is 0 Å². The minimum absolute atomic E-state index is 0.0986. The average Bonchev–Trinajstić information content (AvgIpc) is 2.24. The number of carbonyl (C=O) groups excluding carboxylic acids is 1. The van der Waals surface area contributed by atoms with Gasteiger partial charge in [0.05, 0.1) is 12.0 Å². The predicted octanol–water partition coefficient (Wildman–Crippen LogP) is 2.14. The molecule has 15 heavy (non-hydrogen) atoms. The summed E-state index contributed by atoms with van der Waals surface area (Å²) < 4.78 is 6.24. The Morgan fingerprint density at radius 3 is 2.20 bits per heavy atom. The van der Waals surface area contributed by atoms with Crippen LogP contribution in [0.15, 0.2) is 0 Å². The predicted molar refractivity (Wildman–Crippen MR) is 64.2 cm³/mol. The van der Waals surface area contributed by atoms with Gasteiger partial charge in [-0.15, -0.1) is 0 Å². The van der Waals surface area contributed by atoms with Crippen molar-refractivity contribution >= 4 is 14.2 Å². The van der Waals surface area contributed by atoms with Crippen molar-refractivity contribution in [1.82, 2.24) is 5.32 Å². The van der Waals surface area contributed by atoms with Crippen molar-refractivity contribution in [3.8, 4) is 0 Å². The molecule has 0 aromatic rings. The second-order valence-corrected chi connectivity index (χ2v) is 9.14. The summed E-state index contributed by atoms with van der Waals surface area (Å²) in [5.41, 5.74) is 0. The molecule has 4 heteroatoms. The lowest BCUT2D eigenvalue weighted by molar-refractivity contribution is -0.135. The molecule has 0 spiro atoms. The molecule has 1 saturated heterocycles. The van der Waals surface area contributed by atoms with Gasteiger partial charge in [0, 0.05) is 6.54 Å². The Bertz CT molecular complexity index is 220. The van der Waals surface area contributed by atoms with E-state index in [0.717, 1.165) is 24.7 Å². The van der Waals surface area contributed by atoms with Gasteiger partial charge in [0.2, 0.25) is 5.91 Å². The fourth-order valence-electron chi connectivity index (χ4n) is 2.16. The van der Waals surface area contributed by atoms with Crippen molar-refractivity contribution in [1.29, 1.82) is 0 Å². The van der Waals surface area contributed by atoms with Crippen LogP contribution in [-0.4, -0.2) is 26.9 Å². The molecule has 0 aliphatic carbocycles. The first-order valence-corrected chi connectivity index (χ1v) is 8.57. The number of carbonyl (C=O) groups is 1. The highest BCUT2D eigenvalue weighted by Gasteiger charge is 2.38. The molecule has 1 aliphatic heterocycles. The number of nitrogens with one attached hydrogen (secondary N) is 1. The highest BCUT2D eigenvalue weighted by molar-refractivity contribution is 6.73. The Morgan fingerprint density at radius 2 is 1.93 bits per heavy atom. The van der Waals surface area contributed by atoms with Crippen molar-refractivity contribution < 1.29 is 9.22 Å². The molecule has 1 rings (SSSR count). The SMILES string of the molecule is CC[Si](CC)(CC)O[C@H](C)[C@@H]1CNC1=O. The second kappa shape index (κ2) is 5.12. The van der Waals surface area contributed by atoms with Crippen molar-refractivity contribution in [2.75, 3.05) is 6.54 Å². The van der Waals surface area contributed by atoms with Crippen molar-refractivity contribution in [2.24, 2.45) is 5.92 Å². The molecular formula is C11H23NO2Si. The molecular weight excluding hydrogens is 206 g/mol. The number of amides is 1. The van der Waals surface area contributed by atoms with Crippen LogP contribution in [0.4, 0.5) is 0 Å². The van der Waals surface area contributed by atoms with Crippen LogP contribution >= 0.6 is 0 Å². The van der Waals surface area contributed by atoms with E-state index in [4.69, 9.17) is 4.43 Å². The Balaban J connectivity index is 2.53. The molecule has 3 nitrogen and oxygen atoms in total. The molecule has 1 N–H and O–H groups in total. The van der Waals surface area contributed by atoms with Crippen LogP contribution in [0.1, 0.15) is 27.7 Å². The first-order chi connectivity index (χ1) is 7.08. The second-order valence-electron chi connectivity index (χ2n) is 4.42. The van der Waals surface area contributed by atoms with E-state index in [2.05, 4.69) is 26.1 Å². The number of hydrogen-bond donors (Lipinski definition) is 1. The fourth-order valence-corrected chi connectivity index (χ4v) is 5.11. The van der Waals surface area contributed by atoms with Gasteiger partial charge in [-0.3, -0.25) is 4.79 Å². The summed E-state index contributed by atoms with van der Waals surface area (Å²) in [5, 5.41) is 2.78. The first-order valence-electron chi connectivity index (χ1n) is 6.04. The molecule has 0 bridgehead atoms. The summed E-state index contributed by atoms with van der Waals surface area (Å²) in [4.78, 5) is 11.2. The number of hydrogen-bond acceptors (Lipinski definition) is 2. The van der Waals surface area contributed by atoms with Gasteiger partial charge in [-0.05, 0) is 25.1 Å². The molecule has 0 aromatic heterocycles. The molecule has 0 radical (unpaired) electrons. The summed E-state index contributed by atoms with van der Waals surface area (Å²) in [7, 11) is -1.54. The monoisotopic (exact) mass is 229 g/mol. The largest absolute Gasteiger partial charge is 0.413 e. The lowest BCUT2D eigenvalue weighted by Crippen LogP contribution is -2.56. The quantitative estimate of drug-likeness (QED) is 0.560. The first kappa shape index (κ1) is 12.7. The summed E-state index contributed by atoms with van der Waals surface area (Å²) in [6.45, 7) is 9.49. The summed E-state index contributed by atoms with van der Waals surface area (Å²) >= 11 is 0. The zero-order valence-electron chi connectivity index (χ0n) is 10.3. The van der Waals surface area contributed by atoms with E-state index < -0.39 is 8.32 Å². The molecule has 1 amide bonds. The molecule has 0 unspecified atom stereocenters. The molecule has 1 heterocycles. The zero-order valence-corrected chi connectivity index (χ0v) is 11.3. The lowest BCUT2D eigenvalue weighted by atomic mass is 9.97. The maximum atomic E-state index is 11.2. The topological polar surface area (TPSA) is 38.3 Å². The van der Waals surface area contributed by atoms with E-state index in [0.29, 0.717) is 0 Å². The van der Waals surface area contributed by atoms with E-state index in [1.165, 1.54) is 0 Å². The molecule has 0 aromatic carbocycles. The van der Waals surface area contributed by atoms with E-state index in [1.54, 1.807) is 0 Å². The lowest BCUT2D eigenvalue weighted by Gasteiger charge is -2.38. The Morgan fingerprint density at radius 1 is 1.40 bits per heavy atom. The molecule has 0 saturated carbocycles. The highest BCUT2D eigenvalue weighted by Crippen LogP contribution is 2.26. The normalized spacial score (nSPS) is 23.2. The number of β-lactam (4-membered cyclic amide) rings is 1. The fraction of sp³-hybridized carbons (Fsp3) is 0.909. The third-order valence-electron chi connectivity index (χ3n) is 3.77. The zero-order chi connectivity index (χ0) is 11.5. The summed E-state index contributed by atoms with van der Waals surface area (Å²) in [6.07, 6.45) is 0.102. The maximum absolute atomic E-state index is 11.2. The number of rotatable bonds is 6. The third-order valence-corrected chi connectivity index (χ3v) is 8.51. The van der Waals surface area contributed by atoms with E-state index in [9.17, 15) is 4.79 Å². The van der Waals surface area contributed by atoms with Gasteiger partial charge in [0.25, 0.3) is 0 Å². The molecule has 88 valence electrons. The van der Waals surface area contributed by atoms with E-state index in [-0.39, 0.29) is 17.9 Å². The summed E-state index contributed by atoms with van der Waals surface area (Å²) in [5.74, 6) is 0.259. The average molecular weight is 229 g/mol. The van der Waals surface area contributed by atoms with Crippen LogP contribution in [0.3, 0.4) is 0 Å². The van der Waals surface area contributed by atoms with Gasteiger partial charge >= 0.3 is 0 Å². The summed E-state index contributed by atoms with van der Waals surface area (Å²) in [6, 6.07) is 3.45. The Labute approximate surface area is 93.7 Å². The van der Waals surface area contributed by atoms with Crippen LogP contribution in [0, 0.1) is 5.92 Å². The van der Waals surface area contributed by atoms with Crippen LogP contribution in [-0.2, 0) is 9.22 Å². The maximum Gasteiger partial charge on any atom is 0.227 e. The van der Waals surface area contributed by atoms with Crippen LogP contribution in [0.5, 0.6) is 0 Å². The molecule has 1 aliphatic rings. The highest BCUT2D eigenvalue weighted by atomic mass is 28.4. The van der Waals surface area contributed by atoms with Gasteiger partial charge < -0.3 is 9.74 Å². The van der Waals surface area contributed by atoms with Gasteiger partial charge in [0.15, 0.2) is 8.32 Å². The van der Waals surface area contributed by atoms with Gasteiger partial charge in [-0.2, -0.15) is 0 Å². The molecule has 1 fully saturated rings. The van der Waals surface area contributed by atoms with E-state index >= 15 is 0 Å². The minimum atomic E-state index is -1.54. The minimum Gasteiger partial charge on any atom is -0.413 e. The van der Waals surface area contributed by atoms with Crippen LogP contribution in [0.2, 0.25) is 18.1 Å². The van der Waals surface area contributed by atoms with Gasteiger partial charge in [0.1, 0.15) is 0 Å². The molecule has 2 atom stereocenters. The van der Waals surface area contributed by atoms with Crippen LogP contribution in [0.25, 0.3) is 0 Å². The smallest absolute Gasteiger partial charge is 0.227 e. The van der Waals surface area contributed by atoms with E-state index in [1.807, 2.05) is 6.92 Å². The third kappa shape index (κ3) is 2.61. The Kier molecular flexibility index (Phi) is 4.34. The Hall–Kier alpha value is -0.353. The van der Waals surface area contributed by atoms with Crippen molar-refractivity contribution in [2.45, 2.75) is 51.9 Å². The standard InChI is InChI=1S/C11H23NO2Si/c1-5-15(6-2,7-3)14-9(4)10-8-12-11(10)13/h9-10H,5-8H2,1-4H3,(H,12,13)/t9-,10+/m1/s1. The van der Waals surface area contributed by atoms with Crippen molar-refractivity contribution in [3.05, 3.63) is 0 Å². The van der Waals surface area contributed by atoms with Gasteiger partial charge in [-0.1, -0.05) is 20.8 Å².